The van der Waals surface area contributed by atoms with Crippen LogP contribution in [0.4, 0.5) is 0 Å². The van der Waals surface area contributed by atoms with Crippen molar-refractivity contribution in [3.63, 3.8) is 0 Å². The van der Waals surface area contributed by atoms with Crippen LogP contribution < -0.4 is 10.1 Å². The van der Waals surface area contributed by atoms with Crippen molar-refractivity contribution in [1.29, 1.82) is 0 Å². The molecule has 318 valence electrons. The molecule has 2 atom stereocenters. The maximum Gasteiger partial charge on any atom is 0.255 e. The molecule has 3 fully saturated rings. The normalized spacial score (nSPS) is 20.4. The van der Waals surface area contributed by atoms with Gasteiger partial charge in [0.1, 0.15) is 23.7 Å². The van der Waals surface area contributed by atoms with Gasteiger partial charge < -0.3 is 28.7 Å². The number of imide groups is 1. The third-order valence-electron chi connectivity index (χ3n) is 13.3. The number of fused-ring (bicyclic) bond motifs is 3. The molecule has 5 aliphatic rings. The Hall–Kier alpha value is -6.41. The minimum Gasteiger partial charge on any atom is -0.489 e. The molecule has 0 radical (unpaired) electrons. The van der Waals surface area contributed by atoms with Crippen LogP contribution in [0.1, 0.15) is 84.4 Å². The Morgan fingerprint density at radius 2 is 1.69 bits per heavy atom. The predicted molar refractivity (Wildman–Crippen MR) is 229 cm³/mol. The summed E-state index contributed by atoms with van der Waals surface area (Å²) in [5.41, 5.74) is 7.13. The lowest BCUT2D eigenvalue weighted by atomic mass is 9.99. The van der Waals surface area contributed by atoms with Gasteiger partial charge in [-0.2, -0.15) is 0 Å². The summed E-state index contributed by atoms with van der Waals surface area (Å²) in [4.78, 5) is 78.9. The van der Waals surface area contributed by atoms with Crippen molar-refractivity contribution >= 4 is 40.3 Å². The molecule has 62 heavy (non-hydrogen) atoms. The molecule has 0 aliphatic carbocycles. The number of imidazole rings is 1. The van der Waals surface area contributed by atoms with E-state index in [1.165, 1.54) is 0 Å². The Labute approximate surface area is 359 Å². The Morgan fingerprint density at radius 1 is 0.887 bits per heavy atom. The van der Waals surface area contributed by atoms with E-state index >= 15 is 0 Å². The molecule has 2 aromatic heterocycles. The number of amides is 5. The number of nitrogens with one attached hydrogen (secondary N) is 1. The van der Waals surface area contributed by atoms with Gasteiger partial charge in [-0.1, -0.05) is 30.3 Å². The minimum absolute atomic E-state index is 0.0338. The number of benzene rings is 3. The van der Waals surface area contributed by atoms with Gasteiger partial charge in [-0.3, -0.25) is 34.3 Å². The molecular weight excluding hydrogens is 787 g/mol. The largest absolute Gasteiger partial charge is 0.489 e. The number of rotatable bonds is 9. The highest BCUT2D eigenvalue weighted by molar-refractivity contribution is 6.05. The number of likely N-dealkylation sites (tertiary alicyclic amines) is 1. The second kappa shape index (κ2) is 16.5. The Bertz CT molecular complexity index is 2620. The topological polar surface area (TPSA) is 156 Å². The summed E-state index contributed by atoms with van der Waals surface area (Å²) in [5, 5.41) is 4.41. The lowest BCUT2D eigenvalue weighted by Crippen LogP contribution is -2.52. The predicted octanol–water partition coefficient (Wildman–Crippen LogP) is 5.39. The van der Waals surface area contributed by atoms with Crippen LogP contribution in [-0.4, -0.2) is 104 Å². The van der Waals surface area contributed by atoms with Crippen molar-refractivity contribution in [3.8, 4) is 28.3 Å². The van der Waals surface area contributed by atoms with Crippen molar-refractivity contribution in [2.45, 2.75) is 89.6 Å². The average Bonchev–Trinajstić information content (AvgIpc) is 4.01. The summed E-state index contributed by atoms with van der Waals surface area (Å²) in [5.74, 6) is 1.28. The van der Waals surface area contributed by atoms with Crippen LogP contribution in [0.25, 0.3) is 33.3 Å². The molecule has 14 heteroatoms. The van der Waals surface area contributed by atoms with Crippen LogP contribution in [0.5, 0.6) is 5.75 Å². The lowest BCUT2D eigenvalue weighted by Gasteiger charge is -2.30. The Morgan fingerprint density at radius 3 is 2.50 bits per heavy atom. The minimum atomic E-state index is -0.677. The highest BCUT2D eigenvalue weighted by Crippen LogP contribution is 2.38. The van der Waals surface area contributed by atoms with Gasteiger partial charge in [0.05, 0.1) is 30.2 Å². The van der Waals surface area contributed by atoms with E-state index in [-0.39, 0.29) is 42.7 Å². The van der Waals surface area contributed by atoms with Gasteiger partial charge in [0.2, 0.25) is 23.6 Å². The number of aromatic nitrogens is 3. The van der Waals surface area contributed by atoms with Crippen molar-refractivity contribution in [3.05, 3.63) is 101 Å². The van der Waals surface area contributed by atoms with Gasteiger partial charge in [0, 0.05) is 99.8 Å². The van der Waals surface area contributed by atoms with Gasteiger partial charge in [-0.25, -0.2) is 4.98 Å². The van der Waals surface area contributed by atoms with E-state index in [2.05, 4.69) is 34.1 Å². The van der Waals surface area contributed by atoms with Gasteiger partial charge in [0.15, 0.2) is 0 Å². The molecule has 5 aromatic rings. The van der Waals surface area contributed by atoms with Gasteiger partial charge >= 0.3 is 0 Å². The standard InChI is InChI=1S/C48H49N7O7/c1-29(56)52-20-21-54-42(28-52)45(51-46(54)32-17-22-61-23-18-32)36-6-3-5-33-24-40(49-25-38(33)36)31-8-11-34(12-9-31)62-35-16-19-53(26-35)44(58)15-10-30-4-2-7-37-39(30)27-55(48(37)60)41-13-14-43(57)50-47(41)59/h2-9,11-12,24-25,32,35,41H,10,13-23,26-28H2,1H3,(H,50,57,59)/t35-,41?/m0/s1. The molecule has 14 nitrogen and oxygen atoms in total. The summed E-state index contributed by atoms with van der Waals surface area (Å²) in [7, 11) is 0. The van der Waals surface area contributed by atoms with Gasteiger partial charge in [0.25, 0.3) is 5.91 Å². The van der Waals surface area contributed by atoms with Crippen LogP contribution in [-0.2, 0) is 50.0 Å². The first-order valence-corrected chi connectivity index (χ1v) is 21.8. The smallest absolute Gasteiger partial charge is 0.255 e. The first kappa shape index (κ1) is 39.7. The van der Waals surface area contributed by atoms with Crippen molar-refractivity contribution < 1.29 is 33.4 Å². The molecule has 0 saturated carbocycles. The van der Waals surface area contributed by atoms with Crippen LogP contribution in [0.15, 0.2) is 72.9 Å². The third-order valence-corrected chi connectivity index (χ3v) is 13.3. The highest BCUT2D eigenvalue weighted by Gasteiger charge is 2.40. The van der Waals surface area contributed by atoms with E-state index in [0.29, 0.717) is 56.9 Å². The number of pyridine rings is 1. The van der Waals surface area contributed by atoms with Crippen LogP contribution in [0.3, 0.4) is 0 Å². The number of ether oxygens (including phenoxy) is 2. The fraction of sp³-hybridized carbons (Fsp3) is 0.396. The van der Waals surface area contributed by atoms with Crippen molar-refractivity contribution in [2.75, 3.05) is 32.8 Å². The van der Waals surface area contributed by atoms with Crippen LogP contribution in [0, 0.1) is 0 Å². The van der Waals surface area contributed by atoms with E-state index in [0.717, 1.165) is 101 Å². The molecule has 3 saturated heterocycles. The zero-order valence-electron chi connectivity index (χ0n) is 34.8. The number of nitrogens with zero attached hydrogens (tertiary/aromatic N) is 6. The van der Waals surface area contributed by atoms with Crippen molar-refractivity contribution in [2.24, 2.45) is 0 Å². The zero-order chi connectivity index (χ0) is 42.5. The van der Waals surface area contributed by atoms with E-state index in [1.54, 1.807) is 17.9 Å². The monoisotopic (exact) mass is 835 g/mol. The SMILES string of the molecule is CC(=O)N1CCn2c(C3CCOCC3)nc(-c3cccc4cc(-c5ccc(O[C@H]6CCN(C(=O)CCc7cccc8c7CN(C7CCC(=O)NC7=O)C8=O)C6)cc5)ncc34)c2C1. The molecule has 10 rings (SSSR count). The van der Waals surface area contributed by atoms with Crippen molar-refractivity contribution in [1.82, 2.24) is 34.6 Å². The van der Waals surface area contributed by atoms with E-state index in [9.17, 15) is 24.0 Å². The van der Waals surface area contributed by atoms with Gasteiger partial charge in [-0.05, 0) is 78.6 Å². The summed E-state index contributed by atoms with van der Waals surface area (Å²) < 4.78 is 14.4. The fourth-order valence-electron chi connectivity index (χ4n) is 9.92. The maximum absolute atomic E-state index is 13.4. The number of piperidine rings is 1. The summed E-state index contributed by atoms with van der Waals surface area (Å²) in [6.07, 6.45) is 5.69. The van der Waals surface area contributed by atoms with E-state index < -0.39 is 11.9 Å². The van der Waals surface area contributed by atoms with Gasteiger partial charge in [-0.15, -0.1) is 0 Å². The fourth-order valence-corrected chi connectivity index (χ4v) is 9.92. The maximum atomic E-state index is 13.4. The molecule has 1 N–H and O–H groups in total. The second-order valence-electron chi connectivity index (χ2n) is 17.1. The number of carbonyl (C=O) groups excluding carboxylic acids is 5. The molecule has 0 bridgehead atoms. The molecule has 5 amide bonds. The second-order valence-corrected chi connectivity index (χ2v) is 17.1. The highest BCUT2D eigenvalue weighted by atomic mass is 16.5. The summed E-state index contributed by atoms with van der Waals surface area (Å²) in [6.45, 7) is 6.43. The number of carbonyl (C=O) groups is 5. The number of aryl methyl sites for hydroxylation is 1. The number of hydrogen-bond acceptors (Lipinski definition) is 9. The van der Waals surface area contributed by atoms with Crippen LogP contribution >= 0.6 is 0 Å². The van der Waals surface area contributed by atoms with E-state index in [4.69, 9.17) is 19.4 Å². The molecule has 0 spiro atoms. The molecule has 7 heterocycles. The van der Waals surface area contributed by atoms with E-state index in [1.807, 2.05) is 52.4 Å². The molecule has 5 aliphatic heterocycles. The Kier molecular flexibility index (Phi) is 10.5. The number of hydrogen-bond donors (Lipinski definition) is 1. The summed E-state index contributed by atoms with van der Waals surface area (Å²) in [6, 6.07) is 21.2. The molecule has 1 unspecified atom stereocenters. The quantitative estimate of drug-likeness (QED) is 0.192. The molecular formula is C48H49N7O7. The Balaban J connectivity index is 0.780. The first-order chi connectivity index (χ1) is 30.2. The first-order valence-electron chi connectivity index (χ1n) is 21.8. The van der Waals surface area contributed by atoms with Crippen LogP contribution in [0.2, 0.25) is 0 Å². The lowest BCUT2D eigenvalue weighted by molar-refractivity contribution is -0.137. The summed E-state index contributed by atoms with van der Waals surface area (Å²) >= 11 is 0. The zero-order valence-corrected chi connectivity index (χ0v) is 34.8. The average molecular weight is 836 g/mol. The molecule has 3 aromatic carbocycles. The third kappa shape index (κ3) is 7.50.